The maximum absolute atomic E-state index is 4.99. The van der Waals surface area contributed by atoms with Gasteiger partial charge < -0.3 is 10.1 Å². The van der Waals surface area contributed by atoms with Crippen molar-refractivity contribution >= 4 is 5.95 Å². The van der Waals surface area contributed by atoms with E-state index in [1.54, 1.807) is 7.11 Å². The Hall–Kier alpha value is -1.39. The van der Waals surface area contributed by atoms with Crippen LogP contribution in [0.25, 0.3) is 0 Å². The van der Waals surface area contributed by atoms with E-state index in [1.165, 1.54) is 0 Å². The first kappa shape index (κ1) is 10.7. The summed E-state index contributed by atoms with van der Waals surface area (Å²) in [6.45, 7) is 4.87. The summed E-state index contributed by atoms with van der Waals surface area (Å²) < 4.78 is 4.99. The molecule has 14 heavy (non-hydrogen) atoms. The van der Waals surface area contributed by atoms with Crippen LogP contribution in [0.1, 0.15) is 26.1 Å². The summed E-state index contributed by atoms with van der Waals surface area (Å²) in [6.07, 6.45) is 1.86. The molecule has 0 saturated heterocycles. The molecule has 1 N–H and O–H groups in total. The summed E-state index contributed by atoms with van der Waals surface area (Å²) in [6, 6.07) is 0.374. The van der Waals surface area contributed by atoms with Gasteiger partial charge in [0, 0.05) is 13.0 Å². The lowest BCUT2D eigenvalue weighted by molar-refractivity contribution is 0.376. The van der Waals surface area contributed by atoms with Crippen LogP contribution in [0, 0.1) is 0 Å². The van der Waals surface area contributed by atoms with E-state index in [1.807, 2.05) is 6.92 Å². The Kier molecular flexibility index (Phi) is 4.10. The fourth-order valence-electron chi connectivity index (χ4n) is 1.06. The normalized spacial score (nSPS) is 9.93. The van der Waals surface area contributed by atoms with Crippen LogP contribution in [0.3, 0.4) is 0 Å². The van der Waals surface area contributed by atoms with Crippen molar-refractivity contribution in [2.45, 2.75) is 26.7 Å². The molecule has 1 heterocycles. The summed E-state index contributed by atoms with van der Waals surface area (Å²) >= 11 is 0. The van der Waals surface area contributed by atoms with Gasteiger partial charge in [-0.25, -0.2) is 0 Å². The van der Waals surface area contributed by atoms with Gasteiger partial charge >= 0.3 is 6.01 Å². The van der Waals surface area contributed by atoms with Crippen molar-refractivity contribution in [3.63, 3.8) is 0 Å². The third-order valence-electron chi connectivity index (χ3n) is 1.65. The molecule has 0 aliphatic rings. The number of methoxy groups -OCH3 is 1. The molecule has 5 nitrogen and oxygen atoms in total. The van der Waals surface area contributed by atoms with Crippen LogP contribution < -0.4 is 10.1 Å². The first-order chi connectivity index (χ1) is 6.80. The molecule has 0 aliphatic heterocycles. The zero-order chi connectivity index (χ0) is 10.4. The van der Waals surface area contributed by atoms with E-state index < -0.39 is 0 Å². The molecule has 0 aliphatic carbocycles. The number of aryl methyl sites for hydroxylation is 1. The van der Waals surface area contributed by atoms with Crippen molar-refractivity contribution in [1.29, 1.82) is 0 Å². The van der Waals surface area contributed by atoms with Crippen LogP contribution >= 0.6 is 0 Å². The molecule has 1 aromatic heterocycles. The zero-order valence-corrected chi connectivity index (χ0v) is 8.87. The van der Waals surface area contributed by atoms with Crippen molar-refractivity contribution in [2.24, 2.45) is 0 Å². The molecule has 0 fully saturated rings. The molecule has 0 spiro atoms. The number of ether oxygens (including phenoxy) is 1. The summed E-state index contributed by atoms with van der Waals surface area (Å²) in [7, 11) is 1.56. The summed E-state index contributed by atoms with van der Waals surface area (Å²) in [5.74, 6) is 1.36. The first-order valence-corrected chi connectivity index (χ1v) is 4.83. The lowest BCUT2D eigenvalue weighted by Gasteiger charge is -2.05. The van der Waals surface area contributed by atoms with Crippen LogP contribution in [-0.4, -0.2) is 28.6 Å². The number of aromatic nitrogens is 3. The second-order valence-electron chi connectivity index (χ2n) is 2.84. The van der Waals surface area contributed by atoms with Gasteiger partial charge in [-0.2, -0.15) is 15.0 Å². The fraction of sp³-hybridized carbons (Fsp3) is 0.667. The molecular weight excluding hydrogens is 180 g/mol. The van der Waals surface area contributed by atoms with Crippen LogP contribution in [-0.2, 0) is 6.42 Å². The van der Waals surface area contributed by atoms with E-state index in [0.29, 0.717) is 12.0 Å². The Labute approximate surface area is 83.9 Å². The molecule has 1 aromatic rings. The van der Waals surface area contributed by atoms with Crippen LogP contribution in [0.2, 0.25) is 0 Å². The van der Waals surface area contributed by atoms with Gasteiger partial charge in [0.05, 0.1) is 7.11 Å². The average Bonchev–Trinajstić information content (AvgIpc) is 2.18. The molecule has 78 valence electrons. The smallest absolute Gasteiger partial charge is 0.321 e. The molecule has 0 atom stereocenters. The van der Waals surface area contributed by atoms with Crippen molar-refractivity contribution < 1.29 is 4.74 Å². The largest absolute Gasteiger partial charge is 0.467 e. The number of rotatable bonds is 5. The van der Waals surface area contributed by atoms with Gasteiger partial charge in [0.1, 0.15) is 5.82 Å². The van der Waals surface area contributed by atoms with Gasteiger partial charge in [-0.3, -0.25) is 0 Å². The minimum Gasteiger partial charge on any atom is -0.467 e. The molecule has 5 heteroatoms. The Morgan fingerprint density at radius 2 is 2.00 bits per heavy atom. The van der Waals surface area contributed by atoms with Gasteiger partial charge in [0.2, 0.25) is 5.95 Å². The Morgan fingerprint density at radius 3 is 2.57 bits per heavy atom. The van der Waals surface area contributed by atoms with E-state index in [-0.39, 0.29) is 0 Å². The predicted molar refractivity (Wildman–Crippen MR) is 54.5 cm³/mol. The maximum Gasteiger partial charge on any atom is 0.321 e. The first-order valence-electron chi connectivity index (χ1n) is 4.83. The maximum atomic E-state index is 4.99. The highest BCUT2D eigenvalue weighted by molar-refractivity contribution is 5.25. The SMILES string of the molecule is CCCc1nc(NCC)nc(OC)n1. The number of anilines is 1. The number of nitrogens with one attached hydrogen (secondary N) is 1. The molecule has 1 rings (SSSR count). The topological polar surface area (TPSA) is 59.9 Å². The molecule has 0 bridgehead atoms. The molecule has 0 amide bonds. The Bertz CT molecular complexity index is 266. The number of nitrogens with zero attached hydrogens (tertiary/aromatic N) is 3. The van der Waals surface area contributed by atoms with E-state index in [0.717, 1.165) is 25.2 Å². The zero-order valence-electron chi connectivity index (χ0n) is 8.87. The second kappa shape index (κ2) is 5.36. The van der Waals surface area contributed by atoms with E-state index in [4.69, 9.17) is 4.74 Å². The summed E-state index contributed by atoms with van der Waals surface area (Å²) in [5.41, 5.74) is 0. The van der Waals surface area contributed by atoms with Gasteiger partial charge in [0.25, 0.3) is 0 Å². The second-order valence-corrected chi connectivity index (χ2v) is 2.84. The number of hydrogen-bond acceptors (Lipinski definition) is 5. The highest BCUT2D eigenvalue weighted by atomic mass is 16.5. The van der Waals surface area contributed by atoms with Crippen molar-refractivity contribution in [3.8, 4) is 6.01 Å². The van der Waals surface area contributed by atoms with E-state index >= 15 is 0 Å². The number of hydrogen-bond donors (Lipinski definition) is 1. The van der Waals surface area contributed by atoms with Crippen LogP contribution in [0.15, 0.2) is 0 Å². The van der Waals surface area contributed by atoms with Gasteiger partial charge in [-0.05, 0) is 13.3 Å². The predicted octanol–water partition coefficient (Wildman–Crippen LogP) is 1.26. The lowest BCUT2D eigenvalue weighted by atomic mass is 10.3. The molecule has 0 unspecified atom stereocenters. The third-order valence-corrected chi connectivity index (χ3v) is 1.65. The average molecular weight is 196 g/mol. The van der Waals surface area contributed by atoms with Crippen molar-refractivity contribution in [3.05, 3.63) is 5.82 Å². The molecule has 0 aromatic carbocycles. The van der Waals surface area contributed by atoms with Crippen LogP contribution in [0.4, 0.5) is 5.95 Å². The minimum atomic E-state index is 0.374. The fourth-order valence-corrected chi connectivity index (χ4v) is 1.06. The van der Waals surface area contributed by atoms with Crippen LogP contribution in [0.5, 0.6) is 6.01 Å². The van der Waals surface area contributed by atoms with E-state index in [2.05, 4.69) is 27.2 Å². The lowest BCUT2D eigenvalue weighted by Crippen LogP contribution is -2.07. The highest BCUT2D eigenvalue weighted by Gasteiger charge is 2.04. The Balaban J connectivity index is 2.88. The van der Waals surface area contributed by atoms with E-state index in [9.17, 15) is 0 Å². The quantitative estimate of drug-likeness (QED) is 0.768. The summed E-state index contributed by atoms with van der Waals surface area (Å²) in [5, 5.41) is 3.04. The standard InChI is InChI=1S/C9H16N4O/c1-4-6-7-11-8(10-5-2)13-9(12-7)14-3/h4-6H2,1-3H3,(H,10,11,12,13). The summed E-state index contributed by atoms with van der Waals surface area (Å²) in [4.78, 5) is 12.5. The van der Waals surface area contributed by atoms with Gasteiger partial charge in [-0.15, -0.1) is 0 Å². The Morgan fingerprint density at radius 1 is 1.21 bits per heavy atom. The van der Waals surface area contributed by atoms with Crippen molar-refractivity contribution in [2.75, 3.05) is 19.0 Å². The molecule has 0 saturated carbocycles. The minimum absolute atomic E-state index is 0.374. The highest BCUT2D eigenvalue weighted by Crippen LogP contribution is 2.08. The molecule has 0 radical (unpaired) electrons. The third kappa shape index (κ3) is 2.83. The van der Waals surface area contributed by atoms with Gasteiger partial charge in [-0.1, -0.05) is 6.92 Å². The van der Waals surface area contributed by atoms with Gasteiger partial charge in [0.15, 0.2) is 0 Å². The monoisotopic (exact) mass is 196 g/mol. The molecular formula is C9H16N4O. The van der Waals surface area contributed by atoms with Crippen molar-refractivity contribution in [1.82, 2.24) is 15.0 Å².